The maximum Gasteiger partial charge on any atom is 0.407 e. The van der Waals surface area contributed by atoms with E-state index in [1.807, 2.05) is 45.0 Å². The van der Waals surface area contributed by atoms with Gasteiger partial charge in [-0.15, -0.1) is 0 Å². The van der Waals surface area contributed by atoms with Crippen molar-refractivity contribution in [1.29, 1.82) is 0 Å². The quantitative estimate of drug-likeness (QED) is 0.748. The van der Waals surface area contributed by atoms with Gasteiger partial charge in [-0.05, 0) is 45.7 Å². The summed E-state index contributed by atoms with van der Waals surface area (Å²) in [7, 11) is 0. The summed E-state index contributed by atoms with van der Waals surface area (Å²) < 4.78 is 5.19. The third-order valence-electron chi connectivity index (χ3n) is 3.31. The smallest absolute Gasteiger partial charge is 0.407 e. The van der Waals surface area contributed by atoms with Gasteiger partial charge in [0.1, 0.15) is 5.60 Å². The zero-order valence-electron chi connectivity index (χ0n) is 14.4. The molecular formula is C18H24ClN3O2. The molecule has 0 atom stereocenters. The first-order chi connectivity index (χ1) is 11.4. The minimum Gasteiger partial charge on any atom is -0.444 e. The average molecular weight is 350 g/mol. The number of hydrogen-bond acceptors (Lipinski definition) is 4. The summed E-state index contributed by atoms with van der Waals surface area (Å²) in [5.41, 5.74) is 1.35. The number of anilines is 1. The Hall–Kier alpha value is -2.01. The number of unbranched alkanes of at least 4 members (excludes halogenated alkanes) is 1. The Morgan fingerprint density at radius 2 is 1.96 bits per heavy atom. The molecule has 0 fully saturated rings. The highest BCUT2D eigenvalue weighted by Gasteiger charge is 2.15. The molecule has 0 bridgehead atoms. The Morgan fingerprint density at radius 1 is 1.21 bits per heavy atom. The van der Waals surface area contributed by atoms with Gasteiger partial charge in [-0.2, -0.15) is 0 Å². The van der Waals surface area contributed by atoms with Crippen molar-refractivity contribution in [3.05, 3.63) is 35.5 Å². The molecule has 6 heteroatoms. The predicted octanol–water partition coefficient (Wildman–Crippen LogP) is 4.61. The van der Waals surface area contributed by atoms with Crippen LogP contribution in [-0.4, -0.2) is 29.8 Å². The SMILES string of the molecule is CC(C)(C)OC(=O)NCCCCNc1ccnc2c(Cl)cccc12. The fraction of sp³-hybridized carbons (Fsp3) is 0.444. The van der Waals surface area contributed by atoms with Crippen LogP contribution in [0.1, 0.15) is 33.6 Å². The van der Waals surface area contributed by atoms with Gasteiger partial charge in [-0.25, -0.2) is 4.79 Å². The van der Waals surface area contributed by atoms with Crippen LogP contribution >= 0.6 is 11.6 Å². The summed E-state index contributed by atoms with van der Waals surface area (Å²) in [6.45, 7) is 6.95. The molecule has 130 valence electrons. The number of carbonyl (C=O) groups is 1. The van der Waals surface area contributed by atoms with E-state index in [0.29, 0.717) is 11.6 Å². The van der Waals surface area contributed by atoms with Crippen LogP contribution in [0.15, 0.2) is 30.5 Å². The second-order valence-electron chi connectivity index (χ2n) is 6.56. The number of nitrogens with zero attached hydrogens (tertiary/aromatic N) is 1. The lowest BCUT2D eigenvalue weighted by Crippen LogP contribution is -2.33. The summed E-state index contributed by atoms with van der Waals surface area (Å²) in [4.78, 5) is 15.8. The number of ether oxygens (including phenoxy) is 1. The van der Waals surface area contributed by atoms with Crippen LogP contribution in [0.4, 0.5) is 10.5 Å². The molecule has 1 heterocycles. The Morgan fingerprint density at radius 3 is 2.71 bits per heavy atom. The molecular weight excluding hydrogens is 326 g/mol. The Bertz CT molecular complexity index is 698. The molecule has 0 unspecified atom stereocenters. The van der Waals surface area contributed by atoms with Gasteiger partial charge in [0.15, 0.2) is 0 Å². The maximum absolute atomic E-state index is 11.5. The third-order valence-corrected chi connectivity index (χ3v) is 3.61. The first-order valence-electron chi connectivity index (χ1n) is 8.11. The second kappa shape index (κ2) is 8.20. The number of halogens is 1. The number of pyridine rings is 1. The molecule has 0 aliphatic carbocycles. The van der Waals surface area contributed by atoms with Gasteiger partial charge in [0.05, 0.1) is 10.5 Å². The summed E-state index contributed by atoms with van der Waals surface area (Å²) in [6, 6.07) is 7.70. The summed E-state index contributed by atoms with van der Waals surface area (Å²) in [5.74, 6) is 0. The van der Waals surface area contributed by atoms with Crippen LogP contribution in [0.5, 0.6) is 0 Å². The number of fused-ring (bicyclic) bond motifs is 1. The van der Waals surface area contributed by atoms with E-state index < -0.39 is 5.60 Å². The fourth-order valence-electron chi connectivity index (χ4n) is 2.27. The molecule has 1 amide bonds. The highest BCUT2D eigenvalue weighted by Crippen LogP contribution is 2.26. The lowest BCUT2D eigenvalue weighted by molar-refractivity contribution is 0.0527. The highest BCUT2D eigenvalue weighted by atomic mass is 35.5. The van der Waals surface area contributed by atoms with Crippen molar-refractivity contribution < 1.29 is 9.53 Å². The van der Waals surface area contributed by atoms with Gasteiger partial charge >= 0.3 is 6.09 Å². The number of benzene rings is 1. The van der Waals surface area contributed by atoms with Gasteiger partial charge in [-0.3, -0.25) is 4.98 Å². The second-order valence-corrected chi connectivity index (χ2v) is 6.96. The molecule has 2 aromatic rings. The van der Waals surface area contributed by atoms with Gasteiger partial charge in [0.2, 0.25) is 0 Å². The van der Waals surface area contributed by atoms with Crippen molar-refractivity contribution in [3.63, 3.8) is 0 Å². The summed E-state index contributed by atoms with van der Waals surface area (Å²) >= 11 is 6.16. The van der Waals surface area contributed by atoms with Crippen LogP contribution in [0.25, 0.3) is 10.9 Å². The first-order valence-corrected chi connectivity index (χ1v) is 8.48. The summed E-state index contributed by atoms with van der Waals surface area (Å²) in [5, 5.41) is 7.82. The minimum absolute atomic E-state index is 0.370. The van der Waals surface area contributed by atoms with Crippen molar-refractivity contribution in [3.8, 4) is 0 Å². The number of hydrogen-bond donors (Lipinski definition) is 2. The molecule has 0 aliphatic heterocycles. The van der Waals surface area contributed by atoms with E-state index in [-0.39, 0.29) is 6.09 Å². The van der Waals surface area contributed by atoms with Crippen LogP contribution in [0.2, 0.25) is 5.02 Å². The number of amides is 1. The number of aromatic nitrogens is 1. The van der Waals surface area contributed by atoms with E-state index in [1.54, 1.807) is 6.20 Å². The Kier molecular flexibility index (Phi) is 6.26. The van der Waals surface area contributed by atoms with Crippen molar-refractivity contribution in [2.45, 2.75) is 39.2 Å². The van der Waals surface area contributed by atoms with Crippen molar-refractivity contribution in [2.75, 3.05) is 18.4 Å². The molecule has 1 aromatic heterocycles. The van der Waals surface area contributed by atoms with Crippen LogP contribution in [0, 0.1) is 0 Å². The number of para-hydroxylation sites is 1. The van der Waals surface area contributed by atoms with Gasteiger partial charge in [-0.1, -0.05) is 23.7 Å². The number of nitrogens with one attached hydrogen (secondary N) is 2. The monoisotopic (exact) mass is 349 g/mol. The largest absolute Gasteiger partial charge is 0.444 e. The van der Waals surface area contributed by atoms with E-state index >= 15 is 0 Å². The molecule has 0 spiro atoms. The normalized spacial score (nSPS) is 11.3. The van der Waals surface area contributed by atoms with Crippen LogP contribution in [-0.2, 0) is 4.74 Å². The lowest BCUT2D eigenvalue weighted by Gasteiger charge is -2.19. The molecule has 1 aromatic carbocycles. The number of alkyl carbamates (subject to hydrolysis) is 1. The van der Waals surface area contributed by atoms with E-state index in [9.17, 15) is 4.79 Å². The average Bonchev–Trinajstić information content (AvgIpc) is 2.49. The zero-order chi connectivity index (χ0) is 17.6. The molecule has 0 radical (unpaired) electrons. The number of carbonyl (C=O) groups excluding carboxylic acids is 1. The standard InChI is InChI=1S/C18H24ClN3O2/c1-18(2,3)24-17(23)22-11-5-4-10-20-15-9-12-21-16-13(15)7-6-8-14(16)19/h6-9,12H,4-5,10-11H2,1-3H3,(H,20,21)(H,22,23). The van der Waals surface area contributed by atoms with Crippen LogP contribution < -0.4 is 10.6 Å². The first kappa shape index (κ1) is 18.3. The van der Waals surface area contributed by atoms with Gasteiger partial charge < -0.3 is 15.4 Å². The summed E-state index contributed by atoms with van der Waals surface area (Å²) in [6.07, 6.45) is 3.18. The van der Waals surface area contributed by atoms with Crippen molar-refractivity contribution in [1.82, 2.24) is 10.3 Å². The molecule has 0 saturated heterocycles. The molecule has 5 nitrogen and oxygen atoms in total. The molecule has 2 N–H and O–H groups in total. The molecule has 2 rings (SSSR count). The van der Waals surface area contributed by atoms with E-state index in [1.165, 1.54) is 0 Å². The number of rotatable bonds is 6. The topological polar surface area (TPSA) is 63.2 Å². The predicted molar refractivity (Wildman–Crippen MR) is 98.7 cm³/mol. The van der Waals surface area contributed by atoms with Crippen LogP contribution in [0.3, 0.4) is 0 Å². The van der Waals surface area contributed by atoms with E-state index in [4.69, 9.17) is 16.3 Å². The van der Waals surface area contributed by atoms with Crippen molar-refractivity contribution >= 4 is 34.3 Å². The Balaban J connectivity index is 1.74. The van der Waals surface area contributed by atoms with E-state index in [0.717, 1.165) is 36.0 Å². The highest BCUT2D eigenvalue weighted by molar-refractivity contribution is 6.35. The Labute approximate surface area is 147 Å². The molecule has 0 aliphatic rings. The van der Waals surface area contributed by atoms with Gasteiger partial charge in [0, 0.05) is 30.4 Å². The van der Waals surface area contributed by atoms with Gasteiger partial charge in [0.25, 0.3) is 0 Å². The maximum atomic E-state index is 11.5. The fourth-order valence-corrected chi connectivity index (χ4v) is 2.50. The minimum atomic E-state index is -0.463. The van der Waals surface area contributed by atoms with E-state index in [2.05, 4.69) is 15.6 Å². The zero-order valence-corrected chi connectivity index (χ0v) is 15.1. The van der Waals surface area contributed by atoms with Crippen molar-refractivity contribution in [2.24, 2.45) is 0 Å². The molecule has 24 heavy (non-hydrogen) atoms. The molecule has 0 saturated carbocycles. The third kappa shape index (κ3) is 5.57. The lowest BCUT2D eigenvalue weighted by atomic mass is 10.2.